The molecule has 1 atom stereocenters. The Morgan fingerprint density at radius 2 is 1.88 bits per heavy atom. The lowest BCUT2D eigenvalue weighted by molar-refractivity contribution is 0.0903. The van der Waals surface area contributed by atoms with E-state index in [4.69, 9.17) is 4.52 Å². The van der Waals surface area contributed by atoms with Crippen LogP contribution in [0.4, 0.5) is 0 Å². The quantitative estimate of drug-likeness (QED) is 0.765. The molecule has 0 aliphatic carbocycles. The van der Waals surface area contributed by atoms with Crippen molar-refractivity contribution < 1.29 is 14.1 Å². The van der Waals surface area contributed by atoms with Gasteiger partial charge in [-0.1, -0.05) is 36.7 Å². The largest absolute Gasteiger partial charge is 0.351 e. The van der Waals surface area contributed by atoms with Crippen LogP contribution in [0.1, 0.15) is 58.4 Å². The minimum Gasteiger partial charge on any atom is -0.351 e. The van der Waals surface area contributed by atoms with Gasteiger partial charge in [0.1, 0.15) is 0 Å². The van der Waals surface area contributed by atoms with Gasteiger partial charge in [-0.05, 0) is 25.5 Å². The van der Waals surface area contributed by atoms with Crippen molar-refractivity contribution in [2.24, 2.45) is 0 Å². The summed E-state index contributed by atoms with van der Waals surface area (Å²) in [7, 11) is 0. The zero-order chi connectivity index (χ0) is 17.5. The maximum Gasteiger partial charge on any atom is 0.289 e. The highest BCUT2D eigenvalue weighted by molar-refractivity contribution is 5.94. The predicted molar refractivity (Wildman–Crippen MR) is 91.1 cm³/mol. The first kappa shape index (κ1) is 17.7. The van der Waals surface area contributed by atoms with E-state index in [0.29, 0.717) is 18.7 Å². The zero-order valence-electron chi connectivity index (χ0n) is 14.3. The van der Waals surface area contributed by atoms with Crippen LogP contribution >= 0.6 is 0 Å². The second kappa shape index (κ2) is 8.29. The summed E-state index contributed by atoms with van der Waals surface area (Å²) in [4.78, 5) is 23.9. The molecule has 0 spiro atoms. The lowest BCUT2D eigenvalue weighted by Crippen LogP contribution is -2.34. The second-order valence-corrected chi connectivity index (χ2v) is 5.81. The molecule has 0 radical (unpaired) electrons. The highest BCUT2D eigenvalue weighted by atomic mass is 16.5. The third-order valence-corrected chi connectivity index (χ3v) is 3.85. The smallest absolute Gasteiger partial charge is 0.289 e. The molecular weight excluding hydrogens is 306 g/mol. The molecule has 1 aromatic carbocycles. The molecule has 0 fully saturated rings. The number of aryl methyl sites for hydroxylation is 1. The molecule has 24 heavy (non-hydrogen) atoms. The average molecular weight is 329 g/mol. The van der Waals surface area contributed by atoms with Crippen molar-refractivity contribution in [1.82, 2.24) is 15.8 Å². The van der Waals surface area contributed by atoms with Crippen molar-refractivity contribution >= 4 is 11.8 Å². The van der Waals surface area contributed by atoms with Gasteiger partial charge in [-0.2, -0.15) is 0 Å². The molecule has 1 aromatic heterocycles. The van der Waals surface area contributed by atoms with Crippen LogP contribution in [-0.2, 0) is 0 Å². The van der Waals surface area contributed by atoms with Gasteiger partial charge in [0.25, 0.3) is 11.8 Å². The van der Waals surface area contributed by atoms with Crippen molar-refractivity contribution in [2.45, 2.75) is 33.1 Å². The highest BCUT2D eigenvalue weighted by Crippen LogP contribution is 2.17. The van der Waals surface area contributed by atoms with E-state index in [-0.39, 0.29) is 23.5 Å². The van der Waals surface area contributed by atoms with Crippen LogP contribution in [0.3, 0.4) is 0 Å². The fourth-order valence-electron chi connectivity index (χ4n) is 2.16. The minimum atomic E-state index is -0.332. The number of aromatic nitrogens is 1. The standard InChI is InChI=1S/C18H23N3O3/c1-4-13(3)15-11-16(24-21-15)18(23)20-9-8-19-17(22)14-7-5-6-12(2)10-14/h5-7,10-11,13H,4,8-9H2,1-3H3,(H,19,22)(H,20,23)/t13-/m1/s1. The fraction of sp³-hybridized carbons (Fsp3) is 0.389. The number of hydrogen-bond acceptors (Lipinski definition) is 4. The Hall–Kier alpha value is -2.63. The Labute approximate surface area is 141 Å². The van der Waals surface area contributed by atoms with Gasteiger partial charge in [0.05, 0.1) is 5.69 Å². The number of carbonyl (C=O) groups excluding carboxylic acids is 2. The summed E-state index contributed by atoms with van der Waals surface area (Å²) in [5.74, 6) is -0.0484. The minimum absolute atomic E-state index is 0.160. The molecule has 2 N–H and O–H groups in total. The Morgan fingerprint density at radius 3 is 2.54 bits per heavy atom. The molecule has 6 heteroatoms. The van der Waals surface area contributed by atoms with Crippen LogP contribution < -0.4 is 10.6 Å². The van der Waals surface area contributed by atoms with E-state index in [1.165, 1.54) is 0 Å². The summed E-state index contributed by atoms with van der Waals surface area (Å²) in [6, 6.07) is 9.01. The molecule has 1 heterocycles. The van der Waals surface area contributed by atoms with Gasteiger partial charge in [-0.15, -0.1) is 0 Å². The SMILES string of the molecule is CC[C@@H](C)c1cc(C(=O)NCCNC(=O)c2cccc(C)c2)on1. The van der Waals surface area contributed by atoms with E-state index in [2.05, 4.69) is 22.7 Å². The molecule has 0 aliphatic heterocycles. The van der Waals surface area contributed by atoms with Crippen molar-refractivity contribution in [3.8, 4) is 0 Å². The predicted octanol–water partition coefficient (Wildman–Crippen LogP) is 2.66. The van der Waals surface area contributed by atoms with Gasteiger partial charge >= 0.3 is 0 Å². The number of carbonyl (C=O) groups is 2. The van der Waals surface area contributed by atoms with Crippen LogP contribution in [0.2, 0.25) is 0 Å². The molecule has 0 saturated heterocycles. The van der Waals surface area contributed by atoms with Gasteiger partial charge in [-0.25, -0.2) is 0 Å². The molecule has 2 aromatic rings. The van der Waals surface area contributed by atoms with Crippen molar-refractivity contribution in [1.29, 1.82) is 0 Å². The van der Waals surface area contributed by atoms with Crippen LogP contribution in [-0.4, -0.2) is 30.1 Å². The molecule has 128 valence electrons. The molecule has 2 amide bonds. The van der Waals surface area contributed by atoms with Crippen LogP contribution in [0, 0.1) is 6.92 Å². The number of nitrogens with one attached hydrogen (secondary N) is 2. The van der Waals surface area contributed by atoms with Crippen molar-refractivity contribution in [2.75, 3.05) is 13.1 Å². The third kappa shape index (κ3) is 4.68. The highest BCUT2D eigenvalue weighted by Gasteiger charge is 2.15. The molecule has 0 unspecified atom stereocenters. The van der Waals surface area contributed by atoms with E-state index in [0.717, 1.165) is 17.7 Å². The van der Waals surface area contributed by atoms with Crippen LogP contribution in [0.25, 0.3) is 0 Å². The van der Waals surface area contributed by atoms with Gasteiger partial charge < -0.3 is 15.2 Å². The maximum absolute atomic E-state index is 12.0. The van der Waals surface area contributed by atoms with Gasteiger partial charge in [0.2, 0.25) is 5.76 Å². The Morgan fingerprint density at radius 1 is 1.17 bits per heavy atom. The number of hydrogen-bond donors (Lipinski definition) is 2. The molecule has 2 rings (SSSR count). The summed E-state index contributed by atoms with van der Waals surface area (Å²) < 4.78 is 5.06. The van der Waals surface area contributed by atoms with Gasteiger partial charge in [0.15, 0.2) is 0 Å². The monoisotopic (exact) mass is 329 g/mol. The fourth-order valence-corrected chi connectivity index (χ4v) is 2.16. The number of nitrogens with zero attached hydrogens (tertiary/aromatic N) is 1. The summed E-state index contributed by atoms with van der Waals surface area (Å²) in [5, 5.41) is 9.37. The molecule has 0 bridgehead atoms. The zero-order valence-corrected chi connectivity index (χ0v) is 14.3. The molecule has 6 nitrogen and oxygen atoms in total. The average Bonchev–Trinajstić information content (AvgIpc) is 3.07. The first-order chi connectivity index (χ1) is 11.5. The number of rotatable bonds is 7. The maximum atomic E-state index is 12.0. The third-order valence-electron chi connectivity index (χ3n) is 3.85. The number of amides is 2. The summed E-state index contributed by atoms with van der Waals surface area (Å²) in [6.07, 6.45) is 0.929. The Kier molecular flexibility index (Phi) is 6.12. The van der Waals surface area contributed by atoms with E-state index in [1.54, 1.807) is 12.1 Å². The van der Waals surface area contributed by atoms with Crippen molar-refractivity contribution in [3.63, 3.8) is 0 Å². The summed E-state index contributed by atoms with van der Waals surface area (Å²) in [6.45, 7) is 6.67. The lowest BCUT2D eigenvalue weighted by Gasteiger charge is -2.06. The van der Waals surface area contributed by atoms with Crippen molar-refractivity contribution in [3.05, 3.63) is 52.9 Å². The van der Waals surface area contributed by atoms with E-state index < -0.39 is 0 Å². The van der Waals surface area contributed by atoms with Gasteiger partial charge in [-0.3, -0.25) is 9.59 Å². The number of benzene rings is 1. The first-order valence-electron chi connectivity index (χ1n) is 8.11. The lowest BCUT2D eigenvalue weighted by atomic mass is 10.1. The molecule has 0 aliphatic rings. The topological polar surface area (TPSA) is 84.2 Å². The summed E-state index contributed by atoms with van der Waals surface area (Å²) in [5.41, 5.74) is 2.41. The molecular formula is C18H23N3O3. The Balaban J connectivity index is 1.76. The van der Waals surface area contributed by atoms with Gasteiger partial charge in [0, 0.05) is 30.6 Å². The van der Waals surface area contributed by atoms with E-state index >= 15 is 0 Å². The van der Waals surface area contributed by atoms with Crippen LogP contribution in [0.5, 0.6) is 0 Å². The van der Waals surface area contributed by atoms with Crippen LogP contribution in [0.15, 0.2) is 34.9 Å². The normalized spacial score (nSPS) is 11.8. The molecule has 0 saturated carbocycles. The van der Waals surface area contributed by atoms with E-state index in [9.17, 15) is 9.59 Å². The Bertz CT molecular complexity index is 709. The van der Waals surface area contributed by atoms with E-state index in [1.807, 2.05) is 32.0 Å². The second-order valence-electron chi connectivity index (χ2n) is 5.81. The first-order valence-corrected chi connectivity index (χ1v) is 8.11. The summed E-state index contributed by atoms with van der Waals surface area (Å²) >= 11 is 0.